The summed E-state index contributed by atoms with van der Waals surface area (Å²) in [5.74, 6) is -0.212. The number of amides is 1. The van der Waals surface area contributed by atoms with Gasteiger partial charge in [0.1, 0.15) is 17.2 Å². The maximum absolute atomic E-state index is 14.0. The molecule has 0 saturated carbocycles. The first-order valence-corrected chi connectivity index (χ1v) is 12.0. The Morgan fingerprint density at radius 1 is 1.24 bits per heavy atom. The van der Waals surface area contributed by atoms with E-state index in [9.17, 15) is 9.18 Å². The summed E-state index contributed by atoms with van der Waals surface area (Å²) in [5, 5.41) is 10.5. The Morgan fingerprint density at radius 2 is 2.08 bits per heavy atom. The molecule has 0 fully saturated rings. The molecule has 1 aromatic carbocycles. The van der Waals surface area contributed by atoms with Crippen molar-refractivity contribution in [3.63, 3.8) is 0 Å². The number of aryl methyl sites for hydroxylation is 1. The highest BCUT2D eigenvalue weighted by atomic mass is 19.1. The third kappa shape index (κ3) is 3.99. The molecular formula is C27H26FN7O2. The van der Waals surface area contributed by atoms with Crippen molar-refractivity contribution in [2.24, 2.45) is 0 Å². The Balaban J connectivity index is 1.46. The third-order valence-corrected chi connectivity index (χ3v) is 7.09. The number of benzene rings is 1. The first-order chi connectivity index (χ1) is 17.8. The van der Waals surface area contributed by atoms with Crippen LogP contribution in [0, 0.1) is 5.82 Å². The molecule has 1 aliphatic carbocycles. The molecular weight excluding hydrogens is 473 g/mol. The zero-order chi connectivity index (χ0) is 25.7. The summed E-state index contributed by atoms with van der Waals surface area (Å²) in [6.07, 6.45) is 6.74. The largest absolute Gasteiger partial charge is 0.364 e. The number of nitrogens with zero attached hydrogens (tertiary/aromatic N) is 5. The molecule has 188 valence electrons. The molecule has 1 amide bonds. The summed E-state index contributed by atoms with van der Waals surface area (Å²) < 4.78 is 15.6. The Morgan fingerprint density at radius 3 is 2.89 bits per heavy atom. The van der Waals surface area contributed by atoms with Gasteiger partial charge in [-0.15, -0.1) is 0 Å². The zero-order valence-electron chi connectivity index (χ0n) is 20.7. The second kappa shape index (κ2) is 8.67. The van der Waals surface area contributed by atoms with Gasteiger partial charge >= 0.3 is 0 Å². The van der Waals surface area contributed by atoms with Gasteiger partial charge in [-0.25, -0.2) is 14.4 Å². The second-order valence-electron chi connectivity index (χ2n) is 9.69. The van der Waals surface area contributed by atoms with E-state index in [-0.39, 0.29) is 11.1 Å². The van der Waals surface area contributed by atoms with Crippen LogP contribution in [0.5, 0.6) is 0 Å². The average Bonchev–Trinajstić information content (AvgIpc) is 3.49. The van der Waals surface area contributed by atoms with Crippen LogP contribution in [0.2, 0.25) is 0 Å². The van der Waals surface area contributed by atoms with Crippen molar-refractivity contribution in [1.29, 1.82) is 0 Å². The minimum Gasteiger partial charge on any atom is -0.364 e. The average molecular weight is 500 g/mol. The molecule has 9 nitrogen and oxygen atoms in total. The van der Waals surface area contributed by atoms with Crippen LogP contribution >= 0.6 is 0 Å². The van der Waals surface area contributed by atoms with Crippen molar-refractivity contribution in [2.45, 2.75) is 31.7 Å². The molecule has 4 aromatic heterocycles. The van der Waals surface area contributed by atoms with Gasteiger partial charge in [0.2, 0.25) is 0 Å². The van der Waals surface area contributed by atoms with Crippen LogP contribution in [0.1, 0.15) is 35.0 Å². The smallest absolute Gasteiger partial charge is 0.282 e. The van der Waals surface area contributed by atoms with Crippen LogP contribution in [0.3, 0.4) is 0 Å². The van der Waals surface area contributed by atoms with Gasteiger partial charge in [0.25, 0.3) is 5.91 Å². The lowest BCUT2D eigenvalue weighted by molar-refractivity contribution is -0.0755. The molecule has 5 aromatic rings. The van der Waals surface area contributed by atoms with Gasteiger partial charge in [-0.2, -0.15) is 9.61 Å². The van der Waals surface area contributed by atoms with Gasteiger partial charge in [-0.1, -0.05) is 18.2 Å². The maximum atomic E-state index is 14.0. The predicted octanol–water partition coefficient (Wildman–Crippen LogP) is 4.40. The Bertz CT molecular complexity index is 1660. The lowest BCUT2D eigenvalue weighted by atomic mass is 9.81. The van der Waals surface area contributed by atoms with E-state index in [0.717, 1.165) is 36.0 Å². The van der Waals surface area contributed by atoms with Gasteiger partial charge in [-0.3, -0.25) is 14.6 Å². The number of hydroxylamine groups is 2. The number of rotatable bonds is 5. The van der Waals surface area contributed by atoms with Crippen LogP contribution in [-0.2, 0) is 17.7 Å². The first kappa shape index (κ1) is 23.1. The monoisotopic (exact) mass is 499 g/mol. The number of nitrogens with one attached hydrogen (secondary N) is 2. The number of hydrogen-bond donors (Lipinski definition) is 2. The molecule has 0 saturated heterocycles. The number of H-pyrrole nitrogens is 1. The number of aromatic nitrogens is 5. The van der Waals surface area contributed by atoms with Crippen molar-refractivity contribution in [3.05, 3.63) is 77.6 Å². The Hall–Kier alpha value is -4.31. The topological polar surface area (TPSA) is 100 Å². The number of carbonyl (C=O) groups is 1. The Labute approximate surface area is 212 Å². The number of carbonyl (C=O) groups excluding carboxylic acids is 1. The fourth-order valence-corrected chi connectivity index (χ4v) is 5.12. The van der Waals surface area contributed by atoms with Crippen LogP contribution < -0.4 is 5.32 Å². The molecule has 4 heterocycles. The highest BCUT2D eigenvalue weighted by Gasteiger charge is 2.33. The lowest BCUT2D eigenvalue weighted by Gasteiger charge is -2.35. The van der Waals surface area contributed by atoms with Crippen LogP contribution in [-0.4, -0.2) is 55.2 Å². The predicted molar refractivity (Wildman–Crippen MR) is 138 cm³/mol. The summed E-state index contributed by atoms with van der Waals surface area (Å²) in [6, 6.07) is 11.5. The third-order valence-electron chi connectivity index (χ3n) is 7.09. The van der Waals surface area contributed by atoms with E-state index in [2.05, 4.69) is 50.5 Å². The van der Waals surface area contributed by atoms with E-state index in [1.54, 1.807) is 10.7 Å². The van der Waals surface area contributed by atoms with Gasteiger partial charge in [0.15, 0.2) is 5.65 Å². The number of pyridine rings is 1. The molecule has 0 spiro atoms. The van der Waals surface area contributed by atoms with E-state index in [4.69, 9.17) is 4.84 Å². The molecule has 10 heteroatoms. The van der Waals surface area contributed by atoms with Crippen molar-refractivity contribution >= 4 is 28.3 Å². The summed E-state index contributed by atoms with van der Waals surface area (Å²) in [6.45, 7) is 2.18. The van der Waals surface area contributed by atoms with Gasteiger partial charge in [-0.05, 0) is 43.9 Å². The van der Waals surface area contributed by atoms with Crippen molar-refractivity contribution in [3.8, 4) is 11.3 Å². The molecule has 0 bridgehead atoms. The van der Waals surface area contributed by atoms with E-state index in [0.29, 0.717) is 22.7 Å². The van der Waals surface area contributed by atoms with E-state index in [1.807, 2.05) is 12.1 Å². The number of hydrogen-bond acceptors (Lipinski definition) is 6. The Kier molecular flexibility index (Phi) is 5.41. The quantitative estimate of drug-likeness (QED) is 0.348. The molecule has 2 N–H and O–H groups in total. The van der Waals surface area contributed by atoms with E-state index < -0.39 is 11.7 Å². The zero-order valence-corrected chi connectivity index (χ0v) is 20.7. The minimum absolute atomic E-state index is 0.270. The van der Waals surface area contributed by atoms with Crippen LogP contribution in [0.25, 0.3) is 27.8 Å². The molecule has 6 rings (SSSR count). The fourth-order valence-electron chi connectivity index (χ4n) is 5.12. The van der Waals surface area contributed by atoms with Crippen LogP contribution in [0.4, 0.5) is 10.2 Å². The molecule has 0 aliphatic heterocycles. The summed E-state index contributed by atoms with van der Waals surface area (Å²) >= 11 is 0. The number of fused-ring (bicyclic) bond motifs is 4. The lowest BCUT2D eigenvalue weighted by Crippen LogP contribution is -2.41. The normalized spacial score (nSPS) is 17.2. The fraction of sp³-hybridized carbons (Fsp3) is 0.259. The summed E-state index contributed by atoms with van der Waals surface area (Å²) in [5.41, 5.74) is 4.99. The standard InChI is InChI=1S/C27H26FN7O2/c1-27(9-8-22-19(12-27)18-6-4-5-7-21(18)31-22)33-24-11-23(16-10-17(28)14-29-13-16)32-25-20(15-30-35(24)25)26(36)34(2)37-3/h4-7,10-11,13-15,31,33H,8-9,12H2,1-3H3/t27-/m0/s1. The first-order valence-electron chi connectivity index (χ1n) is 12.0. The number of halogens is 1. The molecule has 0 unspecified atom stereocenters. The molecule has 1 atom stereocenters. The summed E-state index contributed by atoms with van der Waals surface area (Å²) in [7, 11) is 2.93. The second-order valence-corrected chi connectivity index (χ2v) is 9.69. The van der Waals surface area contributed by atoms with Gasteiger partial charge < -0.3 is 10.3 Å². The SMILES string of the molecule is CON(C)C(=O)c1cnn2c(N[C@@]3(C)CCc4[nH]c5ccccc5c4C3)cc(-c3cncc(F)c3)nc12. The maximum Gasteiger partial charge on any atom is 0.282 e. The molecule has 37 heavy (non-hydrogen) atoms. The number of aromatic amines is 1. The van der Waals surface area contributed by atoms with Crippen molar-refractivity contribution in [2.75, 3.05) is 19.5 Å². The number of para-hydroxylation sites is 1. The van der Waals surface area contributed by atoms with E-state index in [1.165, 1.54) is 43.1 Å². The highest BCUT2D eigenvalue weighted by Crippen LogP contribution is 2.36. The van der Waals surface area contributed by atoms with E-state index >= 15 is 0 Å². The highest BCUT2D eigenvalue weighted by molar-refractivity contribution is 5.99. The van der Waals surface area contributed by atoms with Gasteiger partial charge in [0, 0.05) is 47.0 Å². The van der Waals surface area contributed by atoms with Gasteiger partial charge in [0.05, 0.1) is 25.2 Å². The van der Waals surface area contributed by atoms with Crippen molar-refractivity contribution in [1.82, 2.24) is 29.6 Å². The van der Waals surface area contributed by atoms with Crippen molar-refractivity contribution < 1.29 is 14.0 Å². The number of anilines is 1. The van der Waals surface area contributed by atoms with Crippen LogP contribution in [0.15, 0.2) is 55.0 Å². The molecule has 1 aliphatic rings. The summed E-state index contributed by atoms with van der Waals surface area (Å²) in [4.78, 5) is 30.3. The molecule has 0 radical (unpaired) electrons. The minimum atomic E-state index is -0.469.